The molecule has 0 radical (unpaired) electrons. The van der Waals surface area contributed by atoms with Crippen LogP contribution in [0.4, 0.5) is 0 Å². The molecule has 24 heavy (non-hydrogen) atoms. The molecule has 0 aliphatic rings. The molecule has 5 heteroatoms. The van der Waals surface area contributed by atoms with Crippen LogP contribution in [0.1, 0.15) is 26.3 Å². The Kier molecular flexibility index (Phi) is 6.25. The van der Waals surface area contributed by atoms with Crippen molar-refractivity contribution in [1.29, 1.82) is 0 Å². The van der Waals surface area contributed by atoms with Gasteiger partial charge < -0.3 is 10.2 Å². The van der Waals surface area contributed by atoms with Crippen molar-refractivity contribution in [2.45, 2.75) is 6.42 Å². The van der Waals surface area contributed by atoms with Crippen LogP contribution in [0, 0.1) is 0 Å². The van der Waals surface area contributed by atoms with Crippen LogP contribution in [0.5, 0.6) is 0 Å². The molecule has 1 N–H and O–H groups in total. The number of carbonyl (C=O) groups is 2. The molecule has 1 aromatic heterocycles. The number of nitrogens with one attached hydrogen (secondary N) is 1. The molecule has 2 aromatic rings. The largest absolute Gasteiger partial charge is 0.349 e. The van der Waals surface area contributed by atoms with Crippen molar-refractivity contribution in [2.24, 2.45) is 0 Å². The van der Waals surface area contributed by atoms with Crippen LogP contribution < -0.4 is 5.32 Å². The Morgan fingerprint density at radius 1 is 1.21 bits per heavy atom. The van der Waals surface area contributed by atoms with E-state index in [1.165, 1.54) is 0 Å². The number of amides is 2. The molecule has 2 amide bonds. The van der Waals surface area contributed by atoms with E-state index >= 15 is 0 Å². The lowest BCUT2D eigenvalue weighted by Crippen LogP contribution is -2.29. The van der Waals surface area contributed by atoms with Crippen molar-refractivity contribution in [1.82, 2.24) is 15.2 Å². The summed E-state index contributed by atoms with van der Waals surface area (Å²) in [4.78, 5) is 30.1. The average Bonchev–Trinajstić information content (AvgIpc) is 2.64. The second kappa shape index (κ2) is 8.62. The number of aromatic nitrogens is 1. The molecular weight excluding hydrogens is 302 g/mol. The van der Waals surface area contributed by atoms with Crippen LogP contribution in [0.15, 0.2) is 61.4 Å². The van der Waals surface area contributed by atoms with Gasteiger partial charge in [0.25, 0.3) is 11.8 Å². The SMILES string of the molecule is C=CCNC(=O)c1cccc(C(=O)N(C)CCc2ccncc2)c1. The first-order valence-electron chi connectivity index (χ1n) is 7.75. The first-order valence-corrected chi connectivity index (χ1v) is 7.75. The van der Waals surface area contributed by atoms with Gasteiger partial charge in [-0.2, -0.15) is 0 Å². The number of hydrogen-bond donors (Lipinski definition) is 1. The standard InChI is InChI=1S/C19H21N3O2/c1-3-10-21-18(23)16-5-4-6-17(14-16)19(24)22(2)13-9-15-7-11-20-12-8-15/h3-8,11-12,14H,1,9-10,13H2,2H3,(H,21,23). The lowest BCUT2D eigenvalue weighted by atomic mass is 10.1. The normalized spacial score (nSPS) is 10.0. The first-order chi connectivity index (χ1) is 11.6. The lowest BCUT2D eigenvalue weighted by Gasteiger charge is -2.17. The molecule has 0 saturated carbocycles. The van der Waals surface area contributed by atoms with E-state index in [1.54, 1.807) is 54.7 Å². The zero-order chi connectivity index (χ0) is 17.4. The Balaban J connectivity index is 2.00. The Labute approximate surface area is 142 Å². The van der Waals surface area contributed by atoms with E-state index in [1.807, 2.05) is 12.1 Å². The molecule has 1 heterocycles. The topological polar surface area (TPSA) is 62.3 Å². The summed E-state index contributed by atoms with van der Waals surface area (Å²) in [6.45, 7) is 4.55. The molecule has 0 aliphatic carbocycles. The Morgan fingerprint density at radius 3 is 2.62 bits per heavy atom. The zero-order valence-electron chi connectivity index (χ0n) is 13.7. The Bertz CT molecular complexity index is 714. The molecule has 0 unspecified atom stereocenters. The van der Waals surface area contributed by atoms with Crippen molar-refractivity contribution < 1.29 is 9.59 Å². The highest BCUT2D eigenvalue weighted by Crippen LogP contribution is 2.09. The molecule has 2 rings (SSSR count). The summed E-state index contributed by atoms with van der Waals surface area (Å²) < 4.78 is 0. The number of likely N-dealkylation sites (N-methyl/N-ethyl adjacent to an activating group) is 1. The van der Waals surface area contributed by atoms with Gasteiger partial charge in [-0.05, 0) is 42.3 Å². The van der Waals surface area contributed by atoms with E-state index in [4.69, 9.17) is 0 Å². The van der Waals surface area contributed by atoms with Crippen molar-refractivity contribution in [3.63, 3.8) is 0 Å². The third kappa shape index (κ3) is 4.78. The highest BCUT2D eigenvalue weighted by atomic mass is 16.2. The summed E-state index contributed by atoms with van der Waals surface area (Å²) in [7, 11) is 1.76. The quantitative estimate of drug-likeness (QED) is 0.795. The van der Waals surface area contributed by atoms with Crippen LogP contribution >= 0.6 is 0 Å². The van der Waals surface area contributed by atoms with E-state index in [-0.39, 0.29) is 11.8 Å². The van der Waals surface area contributed by atoms with E-state index in [0.717, 1.165) is 12.0 Å². The average molecular weight is 323 g/mol. The maximum absolute atomic E-state index is 12.5. The molecule has 5 nitrogen and oxygen atoms in total. The van der Waals surface area contributed by atoms with Crippen molar-refractivity contribution in [3.8, 4) is 0 Å². The van der Waals surface area contributed by atoms with Crippen LogP contribution in [0.3, 0.4) is 0 Å². The fourth-order valence-corrected chi connectivity index (χ4v) is 2.23. The molecule has 0 bridgehead atoms. The van der Waals surface area contributed by atoms with Gasteiger partial charge in [-0.25, -0.2) is 0 Å². The molecule has 0 saturated heterocycles. The highest BCUT2D eigenvalue weighted by Gasteiger charge is 2.14. The van der Waals surface area contributed by atoms with Gasteiger partial charge >= 0.3 is 0 Å². The predicted octanol–water partition coefficient (Wildman–Crippen LogP) is 2.31. The fraction of sp³-hybridized carbons (Fsp3) is 0.211. The molecule has 0 spiro atoms. The second-order valence-electron chi connectivity index (χ2n) is 5.41. The molecule has 0 aliphatic heterocycles. The molecule has 1 aromatic carbocycles. The minimum Gasteiger partial charge on any atom is -0.349 e. The first kappa shape index (κ1) is 17.4. The molecular formula is C19H21N3O2. The summed E-state index contributed by atoms with van der Waals surface area (Å²) in [6.07, 6.45) is 5.84. The minimum absolute atomic E-state index is 0.109. The van der Waals surface area contributed by atoms with Gasteiger partial charge in [0.05, 0.1) is 0 Å². The Hall–Kier alpha value is -2.95. The Morgan fingerprint density at radius 2 is 1.92 bits per heavy atom. The van der Waals surface area contributed by atoms with Gasteiger partial charge in [-0.1, -0.05) is 12.1 Å². The third-order valence-corrected chi connectivity index (χ3v) is 3.61. The van der Waals surface area contributed by atoms with E-state index < -0.39 is 0 Å². The van der Waals surface area contributed by atoms with Gasteiger partial charge in [-0.15, -0.1) is 6.58 Å². The van der Waals surface area contributed by atoms with Crippen LogP contribution in [-0.4, -0.2) is 41.8 Å². The van der Waals surface area contributed by atoms with Crippen molar-refractivity contribution in [3.05, 3.63) is 78.1 Å². The van der Waals surface area contributed by atoms with Gasteiger partial charge in [-0.3, -0.25) is 14.6 Å². The fourth-order valence-electron chi connectivity index (χ4n) is 2.23. The summed E-state index contributed by atoms with van der Waals surface area (Å²) >= 11 is 0. The summed E-state index contributed by atoms with van der Waals surface area (Å²) in [5.41, 5.74) is 2.09. The lowest BCUT2D eigenvalue weighted by molar-refractivity contribution is 0.0796. The van der Waals surface area contributed by atoms with E-state index in [9.17, 15) is 9.59 Å². The monoisotopic (exact) mass is 323 g/mol. The van der Waals surface area contributed by atoms with Crippen LogP contribution in [0.2, 0.25) is 0 Å². The molecule has 124 valence electrons. The van der Waals surface area contributed by atoms with Crippen molar-refractivity contribution in [2.75, 3.05) is 20.1 Å². The number of carbonyl (C=O) groups excluding carboxylic acids is 2. The number of hydrogen-bond acceptors (Lipinski definition) is 3. The molecule has 0 atom stereocenters. The summed E-state index contributed by atoms with van der Waals surface area (Å²) in [5.74, 6) is -0.327. The number of rotatable bonds is 7. The van der Waals surface area contributed by atoms with Crippen LogP contribution in [-0.2, 0) is 6.42 Å². The van der Waals surface area contributed by atoms with Gasteiger partial charge in [0.1, 0.15) is 0 Å². The number of pyridine rings is 1. The maximum atomic E-state index is 12.5. The van der Waals surface area contributed by atoms with Crippen molar-refractivity contribution >= 4 is 11.8 Å². The third-order valence-electron chi connectivity index (χ3n) is 3.61. The second-order valence-corrected chi connectivity index (χ2v) is 5.41. The molecule has 0 fully saturated rings. The number of nitrogens with zero attached hydrogens (tertiary/aromatic N) is 2. The zero-order valence-corrected chi connectivity index (χ0v) is 13.7. The highest BCUT2D eigenvalue weighted by molar-refractivity contribution is 5.99. The van der Waals surface area contributed by atoms with E-state index in [0.29, 0.717) is 24.2 Å². The minimum atomic E-state index is -0.219. The van der Waals surface area contributed by atoms with E-state index in [2.05, 4.69) is 16.9 Å². The van der Waals surface area contributed by atoms with Crippen LogP contribution in [0.25, 0.3) is 0 Å². The van der Waals surface area contributed by atoms with Gasteiger partial charge in [0, 0.05) is 43.7 Å². The summed E-state index contributed by atoms with van der Waals surface area (Å²) in [6, 6.07) is 10.6. The predicted molar refractivity (Wildman–Crippen MR) is 93.9 cm³/mol. The van der Waals surface area contributed by atoms with Gasteiger partial charge in [0.15, 0.2) is 0 Å². The smallest absolute Gasteiger partial charge is 0.253 e. The summed E-state index contributed by atoms with van der Waals surface area (Å²) in [5, 5.41) is 2.70. The number of benzene rings is 1. The maximum Gasteiger partial charge on any atom is 0.253 e. The van der Waals surface area contributed by atoms with Gasteiger partial charge in [0.2, 0.25) is 0 Å².